The van der Waals surface area contributed by atoms with Gasteiger partial charge in [0.2, 0.25) is 0 Å². The lowest BCUT2D eigenvalue weighted by Gasteiger charge is -2.30. The summed E-state index contributed by atoms with van der Waals surface area (Å²) in [5.74, 6) is 1.42. The molecule has 5 rings (SSSR count). The summed E-state index contributed by atoms with van der Waals surface area (Å²) in [5, 5.41) is 4.10. The number of hydrogen-bond acceptors (Lipinski definition) is 5. The predicted molar refractivity (Wildman–Crippen MR) is 136 cm³/mol. The Balaban J connectivity index is 1.73. The Kier molecular flexibility index (Phi) is 5.90. The van der Waals surface area contributed by atoms with Crippen molar-refractivity contribution in [1.29, 1.82) is 0 Å². The highest BCUT2D eigenvalue weighted by Crippen LogP contribution is 2.46. The van der Waals surface area contributed by atoms with Crippen LogP contribution in [0.25, 0.3) is 5.69 Å². The summed E-state index contributed by atoms with van der Waals surface area (Å²) in [6.45, 7) is 2.09. The molecule has 0 radical (unpaired) electrons. The molecule has 4 heterocycles. The van der Waals surface area contributed by atoms with Crippen LogP contribution in [0.4, 0.5) is 5.69 Å². The number of ether oxygens (including phenoxy) is 2. The van der Waals surface area contributed by atoms with Crippen LogP contribution in [0.3, 0.4) is 0 Å². The Hall–Kier alpha value is -3.91. The van der Waals surface area contributed by atoms with E-state index >= 15 is 0 Å². The van der Waals surface area contributed by atoms with Gasteiger partial charge in [0.05, 0.1) is 43.5 Å². The summed E-state index contributed by atoms with van der Waals surface area (Å²) < 4.78 is 13.5. The van der Waals surface area contributed by atoms with E-state index in [4.69, 9.17) is 21.7 Å². The smallest absolute Gasteiger partial charge is 0.174 e. The van der Waals surface area contributed by atoms with Crippen LogP contribution in [0.15, 0.2) is 79.3 Å². The zero-order chi connectivity index (χ0) is 23.7. The van der Waals surface area contributed by atoms with Crippen molar-refractivity contribution in [2.75, 3.05) is 19.1 Å². The van der Waals surface area contributed by atoms with Crippen LogP contribution in [0.1, 0.15) is 29.2 Å². The van der Waals surface area contributed by atoms with Crippen LogP contribution >= 0.6 is 12.2 Å². The molecule has 172 valence electrons. The number of nitrogens with one attached hydrogen (secondary N) is 1. The molecule has 2 atom stereocenters. The molecule has 0 bridgehead atoms. The van der Waals surface area contributed by atoms with Gasteiger partial charge in [-0.25, -0.2) is 0 Å². The van der Waals surface area contributed by atoms with Crippen molar-refractivity contribution in [3.8, 4) is 17.2 Å². The van der Waals surface area contributed by atoms with Crippen LogP contribution in [0.5, 0.6) is 11.5 Å². The number of methoxy groups -OCH3 is 2. The number of pyridine rings is 2. The lowest BCUT2D eigenvalue weighted by Crippen LogP contribution is -2.30. The molecule has 0 unspecified atom stereocenters. The molecule has 3 aromatic heterocycles. The van der Waals surface area contributed by atoms with E-state index in [1.165, 1.54) is 0 Å². The van der Waals surface area contributed by atoms with Crippen LogP contribution in [0, 0.1) is 6.92 Å². The third kappa shape index (κ3) is 3.76. The highest BCUT2D eigenvalue weighted by molar-refractivity contribution is 7.80. The molecule has 4 aromatic rings. The SMILES string of the molecule is COc1ccc(OC)c(N2C(=S)N[C@@H](c3ccccn3)[C@@H]2c2ccc(C)n2-c2cccnc2)c1. The van der Waals surface area contributed by atoms with E-state index in [1.807, 2.05) is 48.7 Å². The minimum atomic E-state index is -0.211. The van der Waals surface area contributed by atoms with Gasteiger partial charge < -0.3 is 24.3 Å². The maximum absolute atomic E-state index is 5.90. The van der Waals surface area contributed by atoms with E-state index in [-0.39, 0.29) is 12.1 Å². The molecule has 8 heteroatoms. The minimum absolute atomic E-state index is 0.186. The van der Waals surface area contributed by atoms with Gasteiger partial charge in [0.25, 0.3) is 0 Å². The first-order valence-corrected chi connectivity index (χ1v) is 11.3. The molecule has 1 N–H and O–H groups in total. The molecule has 1 aliphatic heterocycles. The molecular formula is C26H25N5O2S. The summed E-state index contributed by atoms with van der Waals surface area (Å²) in [7, 11) is 3.31. The topological polar surface area (TPSA) is 64.4 Å². The van der Waals surface area contributed by atoms with E-state index < -0.39 is 0 Å². The summed E-state index contributed by atoms with van der Waals surface area (Å²) in [6, 6.07) is 19.5. The van der Waals surface area contributed by atoms with Crippen LogP contribution in [-0.2, 0) is 0 Å². The van der Waals surface area contributed by atoms with Crippen molar-refractivity contribution in [2.45, 2.75) is 19.0 Å². The van der Waals surface area contributed by atoms with Crippen molar-refractivity contribution >= 4 is 23.0 Å². The fraction of sp³-hybridized carbons (Fsp3) is 0.192. The molecule has 1 aliphatic rings. The first-order valence-electron chi connectivity index (χ1n) is 10.9. The molecule has 0 spiro atoms. The van der Waals surface area contributed by atoms with Gasteiger partial charge in [-0.05, 0) is 67.7 Å². The van der Waals surface area contributed by atoms with Gasteiger partial charge in [-0.3, -0.25) is 9.97 Å². The largest absolute Gasteiger partial charge is 0.497 e. The van der Waals surface area contributed by atoms with Crippen molar-refractivity contribution in [3.05, 3.63) is 96.3 Å². The number of rotatable bonds is 6. The third-order valence-corrected chi connectivity index (χ3v) is 6.37. The average molecular weight is 472 g/mol. The van der Waals surface area contributed by atoms with Crippen molar-refractivity contribution < 1.29 is 9.47 Å². The van der Waals surface area contributed by atoms with Gasteiger partial charge >= 0.3 is 0 Å². The Morgan fingerprint density at radius 1 is 0.971 bits per heavy atom. The second kappa shape index (κ2) is 9.15. The highest BCUT2D eigenvalue weighted by Gasteiger charge is 2.43. The molecule has 0 aliphatic carbocycles. The molecule has 0 amide bonds. The van der Waals surface area contributed by atoms with Crippen molar-refractivity contribution in [3.63, 3.8) is 0 Å². The van der Waals surface area contributed by atoms with Crippen LogP contribution in [-0.4, -0.2) is 33.9 Å². The zero-order valence-corrected chi connectivity index (χ0v) is 20.0. The number of thiocarbonyl (C=S) groups is 1. The normalized spacial score (nSPS) is 17.5. The summed E-state index contributed by atoms with van der Waals surface area (Å²) >= 11 is 5.90. The van der Waals surface area contributed by atoms with E-state index in [0.29, 0.717) is 10.9 Å². The second-order valence-electron chi connectivity index (χ2n) is 7.98. The monoisotopic (exact) mass is 471 g/mol. The van der Waals surface area contributed by atoms with Crippen molar-refractivity contribution in [2.24, 2.45) is 0 Å². The molecule has 34 heavy (non-hydrogen) atoms. The fourth-order valence-electron chi connectivity index (χ4n) is 4.53. The molecular weight excluding hydrogens is 446 g/mol. The zero-order valence-electron chi connectivity index (χ0n) is 19.2. The van der Waals surface area contributed by atoms with E-state index in [2.05, 4.69) is 49.9 Å². The Labute approximate surface area is 204 Å². The predicted octanol–water partition coefficient (Wildman–Crippen LogP) is 4.77. The van der Waals surface area contributed by atoms with E-state index in [9.17, 15) is 0 Å². The summed E-state index contributed by atoms with van der Waals surface area (Å²) in [6.07, 6.45) is 5.44. The number of nitrogens with zero attached hydrogens (tertiary/aromatic N) is 4. The standard InChI is InChI=1S/C26H25N5O2S/c1-17-9-11-21(30(17)18-7-6-13-27-16-18)25-24(20-8-4-5-14-28-20)29-26(34)31(25)22-15-19(32-2)10-12-23(22)33-3/h4-16,24-25H,1-3H3,(H,29,34)/t24-,25-/m0/s1. The van der Waals surface area contributed by atoms with Crippen LogP contribution < -0.4 is 19.7 Å². The summed E-state index contributed by atoms with van der Waals surface area (Å²) in [4.78, 5) is 11.1. The Morgan fingerprint density at radius 2 is 1.85 bits per heavy atom. The molecule has 1 aromatic carbocycles. The van der Waals surface area contributed by atoms with E-state index in [0.717, 1.165) is 34.2 Å². The Bertz CT molecular complexity index is 1310. The lowest BCUT2D eigenvalue weighted by atomic mass is 10.0. The lowest BCUT2D eigenvalue weighted by molar-refractivity contribution is 0.402. The number of aryl methyl sites for hydroxylation is 1. The number of anilines is 1. The van der Waals surface area contributed by atoms with Gasteiger partial charge in [-0.2, -0.15) is 0 Å². The van der Waals surface area contributed by atoms with Crippen LogP contribution in [0.2, 0.25) is 0 Å². The Morgan fingerprint density at radius 3 is 2.56 bits per heavy atom. The quantitative estimate of drug-likeness (QED) is 0.407. The van der Waals surface area contributed by atoms with Gasteiger partial charge in [0.1, 0.15) is 17.5 Å². The second-order valence-corrected chi connectivity index (χ2v) is 8.37. The highest BCUT2D eigenvalue weighted by atomic mass is 32.1. The first kappa shape index (κ1) is 21.9. The fourth-order valence-corrected chi connectivity index (χ4v) is 4.87. The minimum Gasteiger partial charge on any atom is -0.497 e. The van der Waals surface area contributed by atoms with Crippen molar-refractivity contribution in [1.82, 2.24) is 19.9 Å². The van der Waals surface area contributed by atoms with Gasteiger partial charge in [0.15, 0.2) is 5.11 Å². The number of benzene rings is 1. The maximum Gasteiger partial charge on any atom is 0.174 e. The number of aromatic nitrogens is 3. The molecule has 0 saturated carbocycles. The molecule has 1 saturated heterocycles. The van der Waals surface area contributed by atoms with Gasteiger partial charge in [-0.15, -0.1) is 0 Å². The van der Waals surface area contributed by atoms with E-state index in [1.54, 1.807) is 26.6 Å². The first-order chi connectivity index (χ1) is 16.6. The van der Waals surface area contributed by atoms with Gasteiger partial charge in [-0.1, -0.05) is 6.07 Å². The third-order valence-electron chi connectivity index (χ3n) is 6.06. The molecule has 7 nitrogen and oxygen atoms in total. The number of hydrogen-bond donors (Lipinski definition) is 1. The maximum atomic E-state index is 5.90. The molecule has 1 fully saturated rings. The summed E-state index contributed by atoms with van der Waals surface area (Å²) in [5.41, 5.74) is 4.85. The average Bonchev–Trinajstić information content (AvgIpc) is 3.43. The van der Waals surface area contributed by atoms with Gasteiger partial charge in [0, 0.05) is 29.8 Å².